The molecule has 148 valence electrons. The number of nitrogens with one attached hydrogen (secondary N) is 2. The van der Waals surface area contributed by atoms with E-state index in [-0.39, 0.29) is 6.54 Å². The Morgan fingerprint density at radius 2 is 1.68 bits per heavy atom. The van der Waals surface area contributed by atoms with E-state index in [4.69, 9.17) is 14.2 Å². The van der Waals surface area contributed by atoms with E-state index < -0.39 is 24.4 Å². The average Bonchev–Trinajstić information content (AvgIpc) is 2.70. The van der Waals surface area contributed by atoms with E-state index in [0.29, 0.717) is 22.7 Å². The Kier molecular flexibility index (Phi) is 7.38. The highest BCUT2D eigenvalue weighted by Crippen LogP contribution is 2.24. The van der Waals surface area contributed by atoms with Gasteiger partial charge < -0.3 is 24.8 Å². The van der Waals surface area contributed by atoms with Crippen molar-refractivity contribution in [3.05, 3.63) is 53.6 Å². The topological polar surface area (TPSA) is 103 Å². The third-order valence-corrected chi connectivity index (χ3v) is 3.74. The first-order valence-electron chi connectivity index (χ1n) is 8.45. The Balaban J connectivity index is 1.78. The second kappa shape index (κ2) is 9.96. The number of methoxy groups -OCH3 is 2. The Morgan fingerprint density at radius 1 is 0.964 bits per heavy atom. The molecule has 2 N–H and O–H groups in total. The van der Waals surface area contributed by atoms with Crippen molar-refractivity contribution in [3.63, 3.8) is 0 Å². The molecule has 0 spiro atoms. The van der Waals surface area contributed by atoms with Crippen LogP contribution in [-0.4, -0.2) is 45.2 Å². The van der Waals surface area contributed by atoms with E-state index in [1.165, 1.54) is 14.2 Å². The lowest BCUT2D eigenvalue weighted by atomic mass is 10.2. The molecule has 28 heavy (non-hydrogen) atoms. The lowest BCUT2D eigenvalue weighted by Gasteiger charge is -2.11. The van der Waals surface area contributed by atoms with Crippen LogP contribution in [0.5, 0.6) is 11.5 Å². The smallest absolute Gasteiger partial charge is 0.325 e. The van der Waals surface area contributed by atoms with E-state index in [9.17, 15) is 14.4 Å². The average molecular weight is 386 g/mol. The van der Waals surface area contributed by atoms with E-state index in [1.807, 2.05) is 13.0 Å². The van der Waals surface area contributed by atoms with Crippen molar-refractivity contribution in [2.24, 2.45) is 0 Å². The fourth-order valence-electron chi connectivity index (χ4n) is 2.30. The summed E-state index contributed by atoms with van der Waals surface area (Å²) in [4.78, 5) is 35.7. The maximum Gasteiger partial charge on any atom is 0.325 e. The summed E-state index contributed by atoms with van der Waals surface area (Å²) in [6.07, 6.45) is 0. The highest BCUT2D eigenvalue weighted by atomic mass is 16.5. The van der Waals surface area contributed by atoms with E-state index in [0.717, 1.165) is 5.56 Å². The third kappa shape index (κ3) is 6.01. The molecule has 0 radical (unpaired) electrons. The molecule has 0 aliphatic heterocycles. The Morgan fingerprint density at radius 3 is 2.32 bits per heavy atom. The zero-order valence-electron chi connectivity index (χ0n) is 15.9. The van der Waals surface area contributed by atoms with Gasteiger partial charge in [-0.05, 0) is 48.9 Å². The van der Waals surface area contributed by atoms with Gasteiger partial charge in [-0.2, -0.15) is 0 Å². The second-order valence-corrected chi connectivity index (χ2v) is 5.82. The largest absolute Gasteiger partial charge is 0.497 e. The van der Waals surface area contributed by atoms with Gasteiger partial charge in [0.1, 0.15) is 18.0 Å². The number of hydrogen-bond donors (Lipinski definition) is 2. The summed E-state index contributed by atoms with van der Waals surface area (Å²) >= 11 is 0. The molecule has 0 unspecified atom stereocenters. The minimum atomic E-state index is -0.729. The zero-order valence-corrected chi connectivity index (χ0v) is 15.9. The zero-order chi connectivity index (χ0) is 20.5. The SMILES string of the molecule is COc1ccc(C(=O)NCC(=O)OCC(=O)Nc2cc(C)ccc2OC)cc1. The van der Waals surface area contributed by atoms with Gasteiger partial charge in [0.25, 0.3) is 11.8 Å². The Bertz CT molecular complexity index is 848. The minimum Gasteiger partial charge on any atom is -0.497 e. The quantitative estimate of drug-likeness (QED) is 0.672. The molecule has 0 aliphatic carbocycles. The van der Waals surface area contributed by atoms with Crippen LogP contribution in [0, 0.1) is 6.92 Å². The molecule has 2 rings (SSSR count). The first-order chi connectivity index (χ1) is 13.4. The van der Waals surface area contributed by atoms with Crippen LogP contribution in [0.1, 0.15) is 15.9 Å². The van der Waals surface area contributed by atoms with Gasteiger partial charge in [-0.3, -0.25) is 14.4 Å². The summed E-state index contributed by atoms with van der Waals surface area (Å²) < 4.78 is 15.1. The number of carbonyl (C=O) groups is 3. The number of ether oxygens (including phenoxy) is 3. The fraction of sp³-hybridized carbons (Fsp3) is 0.250. The summed E-state index contributed by atoms with van der Waals surface area (Å²) in [6.45, 7) is 1.04. The third-order valence-electron chi connectivity index (χ3n) is 3.74. The van der Waals surface area contributed by atoms with Crippen molar-refractivity contribution in [2.45, 2.75) is 6.92 Å². The van der Waals surface area contributed by atoms with E-state index >= 15 is 0 Å². The molecule has 0 bridgehead atoms. The number of hydrogen-bond acceptors (Lipinski definition) is 6. The van der Waals surface area contributed by atoms with Crippen LogP contribution in [0.3, 0.4) is 0 Å². The summed E-state index contributed by atoms with van der Waals surface area (Å²) in [5, 5.41) is 5.05. The number of benzene rings is 2. The molecule has 0 fully saturated rings. The maximum atomic E-state index is 12.0. The van der Waals surface area contributed by atoms with E-state index in [2.05, 4.69) is 10.6 Å². The van der Waals surface area contributed by atoms with Crippen molar-refractivity contribution in [3.8, 4) is 11.5 Å². The van der Waals surface area contributed by atoms with Crippen molar-refractivity contribution < 1.29 is 28.6 Å². The first kappa shape index (κ1) is 20.8. The highest BCUT2D eigenvalue weighted by molar-refractivity contribution is 5.97. The Hall–Kier alpha value is -3.55. The molecular weight excluding hydrogens is 364 g/mol. The van der Waals surface area contributed by atoms with E-state index in [1.54, 1.807) is 36.4 Å². The van der Waals surface area contributed by atoms with Gasteiger partial charge in [-0.25, -0.2) is 0 Å². The van der Waals surface area contributed by atoms with Gasteiger partial charge in [0, 0.05) is 5.56 Å². The van der Waals surface area contributed by atoms with Crippen LogP contribution in [-0.2, 0) is 14.3 Å². The van der Waals surface area contributed by atoms with Gasteiger partial charge in [0.15, 0.2) is 6.61 Å². The predicted molar refractivity (Wildman–Crippen MR) is 103 cm³/mol. The molecule has 2 aromatic carbocycles. The van der Waals surface area contributed by atoms with Crippen LogP contribution in [0.4, 0.5) is 5.69 Å². The molecule has 0 aliphatic rings. The molecule has 0 saturated carbocycles. The monoisotopic (exact) mass is 386 g/mol. The minimum absolute atomic E-state index is 0.355. The van der Waals surface area contributed by atoms with Crippen molar-refractivity contribution in [2.75, 3.05) is 32.7 Å². The highest BCUT2D eigenvalue weighted by Gasteiger charge is 2.12. The summed E-state index contributed by atoms with van der Waals surface area (Å²) in [6, 6.07) is 11.7. The van der Waals surface area contributed by atoms with Gasteiger partial charge in [0.05, 0.1) is 19.9 Å². The molecule has 2 aromatic rings. The summed E-state index contributed by atoms with van der Waals surface area (Å²) in [5.74, 6) is -0.565. The van der Waals surface area contributed by atoms with Gasteiger partial charge >= 0.3 is 5.97 Å². The molecule has 8 heteroatoms. The number of amides is 2. The molecule has 0 heterocycles. The number of aryl methyl sites for hydroxylation is 1. The number of esters is 1. The van der Waals surface area contributed by atoms with Gasteiger partial charge in [0.2, 0.25) is 0 Å². The number of carbonyl (C=O) groups excluding carboxylic acids is 3. The number of rotatable bonds is 8. The maximum absolute atomic E-state index is 12.0. The molecular formula is C20H22N2O6. The predicted octanol–water partition coefficient (Wildman–Crippen LogP) is 1.92. The second-order valence-electron chi connectivity index (χ2n) is 5.82. The molecule has 0 atom stereocenters. The summed E-state index contributed by atoms with van der Waals surface area (Å²) in [5.41, 5.74) is 1.79. The normalized spacial score (nSPS) is 9.96. The lowest BCUT2D eigenvalue weighted by Crippen LogP contribution is -2.32. The first-order valence-corrected chi connectivity index (χ1v) is 8.45. The fourth-order valence-corrected chi connectivity index (χ4v) is 2.30. The van der Waals surface area contributed by atoms with Crippen LogP contribution in [0.15, 0.2) is 42.5 Å². The molecule has 0 aromatic heterocycles. The van der Waals surface area contributed by atoms with Crippen LogP contribution < -0.4 is 20.1 Å². The lowest BCUT2D eigenvalue weighted by molar-refractivity contribution is -0.146. The van der Waals surface area contributed by atoms with Gasteiger partial charge in [-0.1, -0.05) is 6.07 Å². The van der Waals surface area contributed by atoms with Crippen molar-refractivity contribution in [1.82, 2.24) is 5.32 Å². The Labute approximate surface area is 162 Å². The van der Waals surface area contributed by atoms with Crippen molar-refractivity contribution in [1.29, 1.82) is 0 Å². The van der Waals surface area contributed by atoms with Crippen LogP contribution in [0.2, 0.25) is 0 Å². The van der Waals surface area contributed by atoms with Crippen LogP contribution in [0.25, 0.3) is 0 Å². The van der Waals surface area contributed by atoms with Gasteiger partial charge in [-0.15, -0.1) is 0 Å². The summed E-state index contributed by atoms with van der Waals surface area (Å²) in [7, 11) is 3.02. The standard InChI is InChI=1S/C20H22N2O6/c1-13-4-9-17(27-3)16(10-13)22-18(23)12-28-19(24)11-21-20(25)14-5-7-15(26-2)8-6-14/h4-10H,11-12H2,1-3H3,(H,21,25)(H,22,23). The molecule has 8 nitrogen and oxygen atoms in total. The van der Waals surface area contributed by atoms with Crippen molar-refractivity contribution >= 4 is 23.5 Å². The molecule has 2 amide bonds. The van der Waals surface area contributed by atoms with Crippen LogP contribution >= 0.6 is 0 Å². The molecule has 0 saturated heterocycles. The number of anilines is 1.